The van der Waals surface area contributed by atoms with Crippen LogP contribution in [0.5, 0.6) is 0 Å². The Bertz CT molecular complexity index is 488. The van der Waals surface area contributed by atoms with Gasteiger partial charge in [0.2, 0.25) is 0 Å². The van der Waals surface area contributed by atoms with Crippen molar-refractivity contribution in [3.8, 4) is 0 Å². The van der Waals surface area contributed by atoms with Crippen LogP contribution in [-0.2, 0) is 4.74 Å². The van der Waals surface area contributed by atoms with E-state index in [0.717, 1.165) is 24.0 Å². The summed E-state index contributed by atoms with van der Waals surface area (Å²) in [6, 6.07) is 3.46. The van der Waals surface area contributed by atoms with Crippen molar-refractivity contribution in [2.45, 2.75) is 45.8 Å². The maximum Gasteiger partial charge on any atom is 0.292 e. The number of nitrogens with zero attached hydrogens (tertiary/aromatic N) is 1. The van der Waals surface area contributed by atoms with Crippen LogP contribution >= 0.6 is 0 Å². The second-order valence-corrected chi connectivity index (χ2v) is 5.24. The molecule has 1 N–H and O–H groups in total. The SMILES string of the molecule is Cc1cc(NCC2CCC(C)O2)c([N+](=O)[O-])cc1C. The van der Waals surface area contributed by atoms with Crippen molar-refractivity contribution < 1.29 is 9.66 Å². The summed E-state index contributed by atoms with van der Waals surface area (Å²) in [5.74, 6) is 0. The van der Waals surface area contributed by atoms with Crippen molar-refractivity contribution in [2.24, 2.45) is 0 Å². The zero-order chi connectivity index (χ0) is 14.0. The molecular formula is C14H20N2O3. The molecule has 1 heterocycles. The Kier molecular flexibility index (Phi) is 4.04. The lowest BCUT2D eigenvalue weighted by molar-refractivity contribution is -0.384. The van der Waals surface area contributed by atoms with Crippen LogP contribution in [-0.4, -0.2) is 23.7 Å². The second kappa shape index (κ2) is 5.57. The fourth-order valence-corrected chi connectivity index (χ4v) is 2.35. The quantitative estimate of drug-likeness (QED) is 0.670. The molecule has 1 aliphatic rings. The van der Waals surface area contributed by atoms with Gasteiger partial charge < -0.3 is 10.1 Å². The monoisotopic (exact) mass is 264 g/mol. The van der Waals surface area contributed by atoms with Gasteiger partial charge >= 0.3 is 0 Å². The molecule has 0 amide bonds. The van der Waals surface area contributed by atoms with E-state index in [1.165, 1.54) is 0 Å². The maximum atomic E-state index is 11.1. The van der Waals surface area contributed by atoms with Gasteiger partial charge in [-0.3, -0.25) is 10.1 Å². The first kappa shape index (κ1) is 13.8. The molecule has 1 saturated heterocycles. The summed E-state index contributed by atoms with van der Waals surface area (Å²) in [7, 11) is 0. The van der Waals surface area contributed by atoms with E-state index < -0.39 is 0 Å². The maximum absolute atomic E-state index is 11.1. The molecule has 19 heavy (non-hydrogen) atoms. The van der Waals surface area contributed by atoms with Crippen LogP contribution in [0.25, 0.3) is 0 Å². The summed E-state index contributed by atoms with van der Waals surface area (Å²) in [5, 5.41) is 14.2. The Balaban J connectivity index is 2.10. The van der Waals surface area contributed by atoms with Gasteiger partial charge in [-0.2, -0.15) is 0 Å². The minimum absolute atomic E-state index is 0.133. The smallest absolute Gasteiger partial charge is 0.292 e. The van der Waals surface area contributed by atoms with Crippen LogP contribution in [0.3, 0.4) is 0 Å². The van der Waals surface area contributed by atoms with E-state index in [1.54, 1.807) is 6.07 Å². The van der Waals surface area contributed by atoms with E-state index >= 15 is 0 Å². The van der Waals surface area contributed by atoms with Crippen LogP contribution in [0.2, 0.25) is 0 Å². The fraction of sp³-hybridized carbons (Fsp3) is 0.571. The highest BCUT2D eigenvalue weighted by atomic mass is 16.6. The molecule has 5 heteroatoms. The standard InChI is InChI=1S/C14H20N2O3/c1-9-6-13(14(16(17)18)7-10(9)2)15-8-12-5-4-11(3)19-12/h6-7,11-12,15H,4-5,8H2,1-3H3. The van der Waals surface area contributed by atoms with Gasteiger partial charge in [-0.25, -0.2) is 0 Å². The van der Waals surface area contributed by atoms with Crippen LogP contribution in [0.4, 0.5) is 11.4 Å². The number of nitro benzene ring substituents is 1. The lowest BCUT2D eigenvalue weighted by atomic mass is 10.1. The molecule has 1 aromatic rings. The van der Waals surface area contributed by atoms with Gasteiger partial charge in [-0.05, 0) is 50.8 Å². The molecule has 1 aromatic carbocycles. The summed E-state index contributed by atoms with van der Waals surface area (Å²) >= 11 is 0. The third-order valence-electron chi connectivity index (χ3n) is 3.65. The Morgan fingerprint density at radius 2 is 2.05 bits per heavy atom. The van der Waals surface area contributed by atoms with Crippen molar-refractivity contribution in [2.75, 3.05) is 11.9 Å². The number of benzene rings is 1. The Hall–Kier alpha value is -1.62. The van der Waals surface area contributed by atoms with Crippen LogP contribution in [0.1, 0.15) is 30.9 Å². The highest BCUT2D eigenvalue weighted by molar-refractivity contribution is 5.64. The molecule has 104 valence electrons. The topological polar surface area (TPSA) is 64.4 Å². The molecule has 0 bridgehead atoms. The summed E-state index contributed by atoms with van der Waals surface area (Å²) in [6.07, 6.45) is 2.51. The van der Waals surface area contributed by atoms with Crippen molar-refractivity contribution in [3.05, 3.63) is 33.4 Å². The fourth-order valence-electron chi connectivity index (χ4n) is 2.35. The van der Waals surface area contributed by atoms with Gasteiger partial charge in [-0.15, -0.1) is 0 Å². The third-order valence-corrected chi connectivity index (χ3v) is 3.65. The molecular weight excluding hydrogens is 244 g/mol. The normalized spacial score (nSPS) is 22.5. The van der Waals surface area contributed by atoms with E-state index in [4.69, 9.17) is 4.74 Å². The van der Waals surface area contributed by atoms with Gasteiger partial charge in [0.1, 0.15) is 5.69 Å². The Morgan fingerprint density at radius 3 is 2.63 bits per heavy atom. The lowest BCUT2D eigenvalue weighted by Crippen LogP contribution is -2.20. The van der Waals surface area contributed by atoms with E-state index in [0.29, 0.717) is 18.3 Å². The van der Waals surface area contributed by atoms with Crippen molar-refractivity contribution in [1.82, 2.24) is 0 Å². The Morgan fingerprint density at radius 1 is 1.37 bits per heavy atom. The minimum atomic E-state index is -0.340. The number of nitro groups is 1. The van der Waals surface area contributed by atoms with Gasteiger partial charge in [0.05, 0.1) is 17.1 Å². The highest BCUT2D eigenvalue weighted by Gasteiger charge is 2.23. The number of anilines is 1. The van der Waals surface area contributed by atoms with Crippen molar-refractivity contribution in [1.29, 1.82) is 0 Å². The third kappa shape index (κ3) is 3.23. The molecule has 1 aliphatic heterocycles. The van der Waals surface area contributed by atoms with E-state index in [-0.39, 0.29) is 16.7 Å². The molecule has 5 nitrogen and oxygen atoms in total. The molecule has 2 atom stereocenters. The summed E-state index contributed by atoms with van der Waals surface area (Å²) < 4.78 is 5.70. The Labute approximate surface area is 113 Å². The van der Waals surface area contributed by atoms with Gasteiger partial charge in [0.15, 0.2) is 0 Å². The van der Waals surface area contributed by atoms with Crippen molar-refractivity contribution >= 4 is 11.4 Å². The van der Waals surface area contributed by atoms with Gasteiger partial charge in [0.25, 0.3) is 5.69 Å². The highest BCUT2D eigenvalue weighted by Crippen LogP contribution is 2.28. The first-order valence-electron chi connectivity index (χ1n) is 6.62. The number of hydrogen-bond donors (Lipinski definition) is 1. The number of ether oxygens (including phenoxy) is 1. The van der Waals surface area contributed by atoms with Crippen LogP contribution in [0.15, 0.2) is 12.1 Å². The molecule has 2 unspecified atom stereocenters. The molecule has 0 aliphatic carbocycles. The average molecular weight is 264 g/mol. The van der Waals surface area contributed by atoms with Crippen molar-refractivity contribution in [3.63, 3.8) is 0 Å². The molecule has 1 fully saturated rings. The lowest BCUT2D eigenvalue weighted by Gasteiger charge is -2.14. The average Bonchev–Trinajstić information content (AvgIpc) is 2.76. The predicted molar refractivity (Wildman–Crippen MR) is 74.6 cm³/mol. The number of aryl methyl sites for hydroxylation is 2. The summed E-state index contributed by atoms with van der Waals surface area (Å²) in [4.78, 5) is 10.7. The first-order valence-corrected chi connectivity index (χ1v) is 6.62. The number of rotatable bonds is 4. The van der Waals surface area contributed by atoms with E-state index in [9.17, 15) is 10.1 Å². The predicted octanol–water partition coefficient (Wildman–Crippen LogP) is 3.19. The molecule has 0 radical (unpaired) electrons. The first-order chi connectivity index (χ1) is 8.97. The van der Waals surface area contributed by atoms with E-state index in [2.05, 4.69) is 12.2 Å². The minimum Gasteiger partial charge on any atom is -0.377 e. The number of nitrogens with one attached hydrogen (secondary N) is 1. The number of hydrogen-bond acceptors (Lipinski definition) is 4. The van der Waals surface area contributed by atoms with E-state index in [1.807, 2.05) is 19.9 Å². The molecule has 0 spiro atoms. The van der Waals surface area contributed by atoms with Gasteiger partial charge in [0, 0.05) is 12.6 Å². The molecule has 2 rings (SSSR count). The largest absolute Gasteiger partial charge is 0.377 e. The van der Waals surface area contributed by atoms with Crippen LogP contribution in [0, 0.1) is 24.0 Å². The zero-order valence-corrected chi connectivity index (χ0v) is 11.6. The molecule has 0 saturated carbocycles. The summed E-state index contributed by atoms with van der Waals surface area (Å²) in [5.41, 5.74) is 2.70. The summed E-state index contributed by atoms with van der Waals surface area (Å²) in [6.45, 7) is 6.51. The van der Waals surface area contributed by atoms with Gasteiger partial charge in [-0.1, -0.05) is 0 Å². The van der Waals surface area contributed by atoms with Crippen LogP contribution < -0.4 is 5.32 Å². The zero-order valence-electron chi connectivity index (χ0n) is 11.6. The second-order valence-electron chi connectivity index (χ2n) is 5.24. The molecule has 0 aromatic heterocycles.